The number of benzene rings is 2. The number of rotatable bonds is 3. The van der Waals surface area contributed by atoms with Crippen LogP contribution >= 0.6 is 0 Å². The summed E-state index contributed by atoms with van der Waals surface area (Å²) in [6, 6.07) is 18.8. The molecule has 24 heavy (non-hydrogen) atoms. The summed E-state index contributed by atoms with van der Waals surface area (Å²) >= 11 is 0. The average molecular weight is 318 g/mol. The van der Waals surface area contributed by atoms with Crippen molar-refractivity contribution in [2.45, 2.75) is 12.3 Å². The van der Waals surface area contributed by atoms with Crippen molar-refractivity contribution >= 4 is 0 Å². The van der Waals surface area contributed by atoms with E-state index in [0.29, 0.717) is 5.69 Å². The van der Waals surface area contributed by atoms with Crippen LogP contribution in [0.2, 0.25) is 0 Å². The number of aromatic amines is 1. The molecule has 3 aromatic rings. The van der Waals surface area contributed by atoms with Gasteiger partial charge in [-0.05, 0) is 30.2 Å². The highest BCUT2D eigenvalue weighted by molar-refractivity contribution is 5.47. The summed E-state index contributed by atoms with van der Waals surface area (Å²) in [6.45, 7) is 1.85. The molecule has 3 rings (SSSR count). The number of nitrogens with one attached hydrogen (secondary N) is 1. The lowest BCUT2D eigenvalue weighted by Crippen LogP contribution is -2.30. The molecule has 6 nitrogen and oxygen atoms in total. The summed E-state index contributed by atoms with van der Waals surface area (Å²) in [5.41, 5.74) is 0.240. The Morgan fingerprint density at radius 2 is 1.67 bits per heavy atom. The smallest absolute Gasteiger partial charge is 0.271 e. The first-order valence-corrected chi connectivity index (χ1v) is 7.31. The molecule has 0 spiro atoms. The molecule has 1 unspecified atom stereocenters. The molecule has 0 amide bonds. The van der Waals surface area contributed by atoms with Crippen LogP contribution in [0.5, 0.6) is 0 Å². The van der Waals surface area contributed by atoms with Crippen LogP contribution in [0.15, 0.2) is 70.4 Å². The number of H-pyrrole nitrogens is 1. The summed E-state index contributed by atoms with van der Waals surface area (Å²) in [7, 11) is 0. The van der Waals surface area contributed by atoms with Gasteiger partial charge in [0.2, 0.25) is 0 Å². The average Bonchev–Trinajstić information content (AvgIpc) is 2.62. The van der Waals surface area contributed by atoms with Crippen molar-refractivity contribution in [1.82, 2.24) is 14.8 Å². The molecule has 0 radical (unpaired) electrons. The first kappa shape index (κ1) is 15.4. The largest absolute Gasteiger partial charge is 0.349 e. The van der Waals surface area contributed by atoms with Gasteiger partial charge < -0.3 is 0 Å². The molecule has 0 saturated heterocycles. The van der Waals surface area contributed by atoms with E-state index in [2.05, 4.69) is 16.2 Å². The summed E-state index contributed by atoms with van der Waals surface area (Å²) in [6.07, 6.45) is 1.04. The molecule has 6 heteroatoms. The number of hydrogen-bond donors (Lipinski definition) is 1. The van der Waals surface area contributed by atoms with Crippen molar-refractivity contribution in [1.29, 1.82) is 5.26 Å². The fourth-order valence-electron chi connectivity index (χ4n) is 2.54. The maximum absolute atomic E-state index is 11.8. The van der Waals surface area contributed by atoms with Crippen molar-refractivity contribution in [2.75, 3.05) is 0 Å². The van der Waals surface area contributed by atoms with E-state index < -0.39 is 16.7 Å². The van der Waals surface area contributed by atoms with Crippen LogP contribution in [0, 0.1) is 11.3 Å². The highest BCUT2D eigenvalue weighted by atomic mass is 16.2. The van der Waals surface area contributed by atoms with Gasteiger partial charge in [0.1, 0.15) is 11.6 Å². The Bertz CT molecular complexity index is 1010. The minimum Gasteiger partial charge on any atom is -0.271 e. The van der Waals surface area contributed by atoms with Crippen molar-refractivity contribution in [3.8, 4) is 11.8 Å². The summed E-state index contributed by atoms with van der Waals surface area (Å²) < 4.78 is 1.09. The molecule has 1 atom stereocenters. The lowest BCUT2D eigenvalue weighted by molar-refractivity contribution is 0.731. The molecule has 0 saturated carbocycles. The molecule has 0 bridgehead atoms. The van der Waals surface area contributed by atoms with Gasteiger partial charge in [-0.1, -0.05) is 42.5 Å². The third-order valence-electron chi connectivity index (χ3n) is 3.98. The van der Waals surface area contributed by atoms with Gasteiger partial charge in [0, 0.05) is 0 Å². The Morgan fingerprint density at radius 1 is 1.04 bits per heavy atom. The minimum absolute atomic E-state index is 0.508. The second kappa shape index (κ2) is 5.97. The molecule has 0 aliphatic rings. The second-order valence-electron chi connectivity index (χ2n) is 5.50. The number of nitrogens with zero attached hydrogens (tertiary/aromatic N) is 3. The predicted molar refractivity (Wildman–Crippen MR) is 89.0 cm³/mol. The van der Waals surface area contributed by atoms with Crippen molar-refractivity contribution in [3.63, 3.8) is 0 Å². The van der Waals surface area contributed by atoms with E-state index in [1.165, 1.54) is 0 Å². The molecule has 118 valence electrons. The quantitative estimate of drug-likeness (QED) is 0.796. The second-order valence-corrected chi connectivity index (χ2v) is 5.50. The summed E-state index contributed by atoms with van der Waals surface area (Å²) in [5.74, 6) is 0. The molecule has 0 fully saturated rings. The minimum atomic E-state index is -0.802. The summed E-state index contributed by atoms with van der Waals surface area (Å²) in [4.78, 5) is 25.0. The third-order valence-corrected chi connectivity index (χ3v) is 3.98. The maximum Gasteiger partial charge on any atom is 0.349 e. The molecule has 0 aliphatic carbocycles. The Morgan fingerprint density at radius 3 is 2.25 bits per heavy atom. The highest BCUT2D eigenvalue weighted by Crippen LogP contribution is 2.31. The molecule has 2 aromatic carbocycles. The van der Waals surface area contributed by atoms with Crippen LogP contribution in [-0.2, 0) is 5.41 Å². The Balaban J connectivity index is 2.04. The fourth-order valence-corrected chi connectivity index (χ4v) is 2.54. The van der Waals surface area contributed by atoms with E-state index in [0.717, 1.165) is 22.0 Å². The number of hydrogen-bond acceptors (Lipinski definition) is 4. The molecule has 1 heterocycles. The Labute approximate surface area is 137 Å². The standard InChI is InChI=1S/C18H14N4O2/c1-18(12-19,13-5-3-2-4-6-13)14-7-9-15(10-8-14)22-17(24)21-16(23)11-20-22/h2-11H,1H3,(H,21,23,24). The molecule has 1 aromatic heterocycles. The van der Waals surface area contributed by atoms with Gasteiger partial charge in [0.05, 0.1) is 11.8 Å². The molecular weight excluding hydrogens is 304 g/mol. The van der Waals surface area contributed by atoms with Crippen molar-refractivity contribution in [2.24, 2.45) is 0 Å². The van der Waals surface area contributed by atoms with E-state index in [4.69, 9.17) is 0 Å². The van der Waals surface area contributed by atoms with Crippen molar-refractivity contribution < 1.29 is 0 Å². The van der Waals surface area contributed by atoms with Gasteiger partial charge in [-0.15, -0.1) is 0 Å². The van der Waals surface area contributed by atoms with Crippen LogP contribution in [0.4, 0.5) is 0 Å². The SMILES string of the molecule is CC(C#N)(c1ccccc1)c1ccc(-n2ncc(=O)[nH]c2=O)cc1. The zero-order valence-electron chi connectivity index (χ0n) is 12.9. The monoisotopic (exact) mass is 318 g/mol. The van der Waals surface area contributed by atoms with Crippen LogP contribution < -0.4 is 11.2 Å². The predicted octanol–water partition coefficient (Wildman–Crippen LogP) is 1.75. The first-order valence-electron chi connectivity index (χ1n) is 7.31. The van der Waals surface area contributed by atoms with E-state index in [1.54, 1.807) is 24.3 Å². The lowest BCUT2D eigenvalue weighted by Gasteiger charge is -2.23. The third kappa shape index (κ3) is 2.63. The normalized spacial score (nSPS) is 13.0. The molecule has 0 aliphatic heterocycles. The number of nitriles is 1. The lowest BCUT2D eigenvalue weighted by atomic mass is 9.77. The van der Waals surface area contributed by atoms with E-state index in [9.17, 15) is 14.9 Å². The fraction of sp³-hybridized carbons (Fsp3) is 0.111. The van der Waals surface area contributed by atoms with Crippen LogP contribution in [0.25, 0.3) is 5.69 Å². The van der Waals surface area contributed by atoms with E-state index >= 15 is 0 Å². The van der Waals surface area contributed by atoms with E-state index in [-0.39, 0.29) is 0 Å². The first-order chi connectivity index (χ1) is 11.5. The Kier molecular flexibility index (Phi) is 3.84. The summed E-state index contributed by atoms with van der Waals surface area (Å²) in [5, 5.41) is 13.5. The molecule has 1 N–H and O–H groups in total. The van der Waals surface area contributed by atoms with Gasteiger partial charge in [-0.3, -0.25) is 9.78 Å². The van der Waals surface area contributed by atoms with Crippen LogP contribution in [-0.4, -0.2) is 14.8 Å². The van der Waals surface area contributed by atoms with Crippen LogP contribution in [0.1, 0.15) is 18.1 Å². The number of aromatic nitrogens is 3. The van der Waals surface area contributed by atoms with Gasteiger partial charge in [0.25, 0.3) is 5.56 Å². The molecular formula is C18H14N4O2. The zero-order valence-corrected chi connectivity index (χ0v) is 12.9. The maximum atomic E-state index is 11.8. The topological polar surface area (TPSA) is 91.5 Å². The van der Waals surface area contributed by atoms with Gasteiger partial charge in [-0.25, -0.2) is 4.79 Å². The van der Waals surface area contributed by atoms with E-state index in [1.807, 2.05) is 37.3 Å². The highest BCUT2D eigenvalue weighted by Gasteiger charge is 2.28. The Hall–Kier alpha value is -3.46. The van der Waals surface area contributed by atoms with Crippen LogP contribution in [0.3, 0.4) is 0 Å². The zero-order chi connectivity index (χ0) is 17.2. The van der Waals surface area contributed by atoms with Gasteiger partial charge in [0.15, 0.2) is 0 Å². The van der Waals surface area contributed by atoms with Crippen molar-refractivity contribution in [3.05, 3.63) is 92.8 Å². The van der Waals surface area contributed by atoms with Gasteiger partial charge >= 0.3 is 5.69 Å². The van der Waals surface area contributed by atoms with Gasteiger partial charge in [-0.2, -0.15) is 15.0 Å².